The van der Waals surface area contributed by atoms with Crippen LogP contribution in [0.4, 0.5) is 0 Å². The first kappa shape index (κ1) is 8.89. The molecule has 4 atom stereocenters. The molecule has 11 heavy (non-hydrogen) atoms. The number of nitrogens with two attached hydrogens (primary N) is 1. The van der Waals surface area contributed by atoms with Gasteiger partial charge in [0, 0.05) is 12.6 Å². The van der Waals surface area contributed by atoms with Crippen LogP contribution in [0.5, 0.6) is 0 Å². The number of aliphatic hydroxyl groups is 3. The first-order chi connectivity index (χ1) is 5.20. The lowest BCUT2D eigenvalue weighted by molar-refractivity contribution is 0.0205. The molecule has 1 fully saturated rings. The standard InChI is InChI=1S/C6H14N2O3/c7-1-3-5(10)6(11)4(2-9)8-3/h3-6,8-11H,1-2,7H2/t3-,4-,5+,6+/m0/s1. The molecule has 6 N–H and O–H groups in total. The summed E-state index contributed by atoms with van der Waals surface area (Å²) in [4.78, 5) is 0. The summed E-state index contributed by atoms with van der Waals surface area (Å²) in [5.74, 6) is 0. The van der Waals surface area contributed by atoms with Crippen LogP contribution in [0.3, 0.4) is 0 Å². The Bertz CT molecular complexity index is 115. The molecule has 0 radical (unpaired) electrons. The third-order valence-corrected chi connectivity index (χ3v) is 2.05. The fraction of sp³-hybridized carbons (Fsp3) is 1.00. The summed E-state index contributed by atoms with van der Waals surface area (Å²) >= 11 is 0. The molecule has 66 valence electrons. The molecule has 0 aromatic heterocycles. The minimum Gasteiger partial charge on any atom is -0.395 e. The summed E-state index contributed by atoms with van der Waals surface area (Å²) in [5.41, 5.74) is 5.29. The van der Waals surface area contributed by atoms with Gasteiger partial charge in [0.1, 0.15) is 0 Å². The lowest BCUT2D eigenvalue weighted by Crippen LogP contribution is -2.40. The van der Waals surface area contributed by atoms with Gasteiger partial charge in [0.15, 0.2) is 0 Å². The van der Waals surface area contributed by atoms with Gasteiger partial charge in [0.25, 0.3) is 0 Å². The Hall–Kier alpha value is -0.200. The molecule has 0 spiro atoms. The predicted molar refractivity (Wildman–Crippen MR) is 38.9 cm³/mol. The van der Waals surface area contributed by atoms with Crippen LogP contribution in [-0.4, -0.2) is 52.8 Å². The van der Waals surface area contributed by atoms with E-state index in [1.807, 2.05) is 0 Å². The van der Waals surface area contributed by atoms with Crippen LogP contribution in [0.1, 0.15) is 0 Å². The SMILES string of the molecule is NC[C@@H]1N[C@@H](CO)[C@@H](O)[C@@H]1O. The second-order valence-electron chi connectivity index (χ2n) is 2.78. The molecular weight excluding hydrogens is 148 g/mol. The Kier molecular flexibility index (Phi) is 2.80. The van der Waals surface area contributed by atoms with Gasteiger partial charge >= 0.3 is 0 Å². The number of rotatable bonds is 2. The van der Waals surface area contributed by atoms with Crippen molar-refractivity contribution in [2.75, 3.05) is 13.2 Å². The van der Waals surface area contributed by atoms with Crippen molar-refractivity contribution >= 4 is 0 Å². The highest BCUT2D eigenvalue weighted by Gasteiger charge is 2.39. The van der Waals surface area contributed by atoms with Crippen LogP contribution in [0, 0.1) is 0 Å². The second-order valence-corrected chi connectivity index (χ2v) is 2.78. The molecule has 0 aliphatic carbocycles. The molecule has 1 aliphatic heterocycles. The zero-order chi connectivity index (χ0) is 8.43. The van der Waals surface area contributed by atoms with Crippen molar-refractivity contribution in [1.82, 2.24) is 5.32 Å². The molecule has 0 aromatic carbocycles. The fourth-order valence-corrected chi connectivity index (χ4v) is 1.32. The van der Waals surface area contributed by atoms with Crippen molar-refractivity contribution in [2.45, 2.75) is 24.3 Å². The number of hydrogen-bond donors (Lipinski definition) is 5. The molecule has 0 saturated carbocycles. The molecule has 1 saturated heterocycles. The molecule has 0 bridgehead atoms. The van der Waals surface area contributed by atoms with Crippen LogP contribution in [0.25, 0.3) is 0 Å². The lowest BCUT2D eigenvalue weighted by Gasteiger charge is -2.12. The third kappa shape index (κ3) is 1.52. The highest BCUT2D eigenvalue weighted by molar-refractivity contribution is 4.98. The molecule has 0 amide bonds. The van der Waals surface area contributed by atoms with E-state index in [9.17, 15) is 10.2 Å². The van der Waals surface area contributed by atoms with Crippen molar-refractivity contribution in [2.24, 2.45) is 5.73 Å². The van der Waals surface area contributed by atoms with Gasteiger partial charge in [-0.2, -0.15) is 0 Å². The van der Waals surface area contributed by atoms with Crippen molar-refractivity contribution in [1.29, 1.82) is 0 Å². The number of aliphatic hydroxyl groups excluding tert-OH is 3. The third-order valence-electron chi connectivity index (χ3n) is 2.05. The van der Waals surface area contributed by atoms with E-state index in [2.05, 4.69) is 5.32 Å². The summed E-state index contributed by atoms with van der Waals surface area (Å²) in [6, 6.07) is -0.749. The number of nitrogens with one attached hydrogen (secondary N) is 1. The van der Waals surface area contributed by atoms with E-state index in [1.54, 1.807) is 0 Å². The van der Waals surface area contributed by atoms with E-state index in [0.717, 1.165) is 0 Å². The lowest BCUT2D eigenvalue weighted by atomic mass is 10.1. The average molecular weight is 162 g/mol. The van der Waals surface area contributed by atoms with Crippen LogP contribution in [0.2, 0.25) is 0 Å². The quantitative estimate of drug-likeness (QED) is 0.298. The zero-order valence-corrected chi connectivity index (χ0v) is 6.14. The summed E-state index contributed by atoms with van der Waals surface area (Å²) in [7, 11) is 0. The topological polar surface area (TPSA) is 98.7 Å². The minimum absolute atomic E-state index is 0.186. The summed E-state index contributed by atoms with van der Waals surface area (Å²) in [6.07, 6.45) is -1.77. The molecule has 5 heteroatoms. The zero-order valence-electron chi connectivity index (χ0n) is 6.14. The summed E-state index contributed by atoms with van der Waals surface area (Å²) in [6.45, 7) is 0.0729. The first-order valence-electron chi connectivity index (χ1n) is 3.63. The van der Waals surface area contributed by atoms with E-state index in [4.69, 9.17) is 10.8 Å². The molecule has 5 nitrogen and oxygen atoms in total. The van der Waals surface area contributed by atoms with Gasteiger partial charge in [0.05, 0.1) is 24.9 Å². The maximum Gasteiger partial charge on any atom is 0.0989 e. The van der Waals surface area contributed by atoms with E-state index in [-0.39, 0.29) is 19.2 Å². The van der Waals surface area contributed by atoms with Gasteiger partial charge in [0.2, 0.25) is 0 Å². The largest absolute Gasteiger partial charge is 0.395 e. The van der Waals surface area contributed by atoms with E-state index in [0.29, 0.717) is 0 Å². The van der Waals surface area contributed by atoms with Gasteiger partial charge in [-0.25, -0.2) is 0 Å². The number of hydrogen-bond acceptors (Lipinski definition) is 5. The van der Waals surface area contributed by atoms with Crippen LogP contribution >= 0.6 is 0 Å². The highest BCUT2D eigenvalue weighted by Crippen LogP contribution is 2.12. The van der Waals surface area contributed by atoms with E-state index >= 15 is 0 Å². The Morgan fingerprint density at radius 3 is 2.00 bits per heavy atom. The highest BCUT2D eigenvalue weighted by atomic mass is 16.3. The Balaban J connectivity index is 2.53. The molecule has 1 rings (SSSR count). The Morgan fingerprint density at radius 1 is 1.18 bits per heavy atom. The molecule has 1 aliphatic rings. The van der Waals surface area contributed by atoms with Gasteiger partial charge in [-0.05, 0) is 0 Å². The Labute approximate surface area is 64.8 Å². The minimum atomic E-state index is -0.909. The van der Waals surface area contributed by atoms with Gasteiger partial charge in [-0.1, -0.05) is 0 Å². The van der Waals surface area contributed by atoms with Crippen molar-refractivity contribution in [3.05, 3.63) is 0 Å². The monoisotopic (exact) mass is 162 g/mol. The van der Waals surface area contributed by atoms with Gasteiger partial charge in [-0.3, -0.25) is 0 Å². The van der Waals surface area contributed by atoms with Crippen LogP contribution in [-0.2, 0) is 0 Å². The van der Waals surface area contributed by atoms with Gasteiger partial charge < -0.3 is 26.4 Å². The van der Waals surface area contributed by atoms with Crippen molar-refractivity contribution in [3.63, 3.8) is 0 Å². The summed E-state index contributed by atoms with van der Waals surface area (Å²) in [5, 5.41) is 30.0. The fourth-order valence-electron chi connectivity index (χ4n) is 1.32. The second kappa shape index (κ2) is 3.46. The molecule has 1 heterocycles. The van der Waals surface area contributed by atoms with Crippen LogP contribution < -0.4 is 11.1 Å². The predicted octanol–water partition coefficient (Wildman–Crippen LogP) is -3.00. The maximum atomic E-state index is 9.26. The maximum absolute atomic E-state index is 9.26. The molecular formula is C6H14N2O3. The van der Waals surface area contributed by atoms with E-state index in [1.165, 1.54) is 0 Å². The van der Waals surface area contributed by atoms with Crippen molar-refractivity contribution in [3.8, 4) is 0 Å². The first-order valence-corrected chi connectivity index (χ1v) is 3.63. The normalized spacial score (nSPS) is 44.7. The van der Waals surface area contributed by atoms with Crippen molar-refractivity contribution < 1.29 is 15.3 Å². The molecule has 0 unspecified atom stereocenters. The van der Waals surface area contributed by atoms with Crippen LogP contribution in [0.15, 0.2) is 0 Å². The smallest absolute Gasteiger partial charge is 0.0989 e. The average Bonchev–Trinajstić information content (AvgIpc) is 2.30. The summed E-state index contributed by atoms with van der Waals surface area (Å²) < 4.78 is 0. The van der Waals surface area contributed by atoms with Gasteiger partial charge in [-0.15, -0.1) is 0 Å². The van der Waals surface area contributed by atoms with E-state index < -0.39 is 18.2 Å². The Morgan fingerprint density at radius 2 is 1.73 bits per heavy atom. The molecule has 0 aromatic rings.